The molecule has 1 saturated heterocycles. The molecule has 3 amide bonds. The van der Waals surface area contributed by atoms with E-state index in [0.29, 0.717) is 5.92 Å². The van der Waals surface area contributed by atoms with Crippen LogP contribution < -0.4 is 10.6 Å². The van der Waals surface area contributed by atoms with Crippen molar-refractivity contribution in [3.8, 4) is 0 Å². The van der Waals surface area contributed by atoms with Crippen LogP contribution in [0.15, 0.2) is 0 Å². The van der Waals surface area contributed by atoms with Crippen molar-refractivity contribution in [3.05, 3.63) is 0 Å². The van der Waals surface area contributed by atoms with Crippen molar-refractivity contribution in [2.75, 3.05) is 13.1 Å². The Kier molecular flexibility index (Phi) is 4.55. The van der Waals surface area contributed by atoms with E-state index in [1.54, 1.807) is 0 Å². The molecule has 0 aromatic heterocycles. The van der Waals surface area contributed by atoms with Crippen LogP contribution in [-0.2, 0) is 4.79 Å². The van der Waals surface area contributed by atoms with Crippen molar-refractivity contribution in [2.45, 2.75) is 76.8 Å². The third-order valence-corrected chi connectivity index (χ3v) is 7.27. The van der Waals surface area contributed by atoms with Crippen LogP contribution in [0.2, 0.25) is 0 Å². The Balaban J connectivity index is 1.32. The first-order valence-corrected chi connectivity index (χ1v) is 10.3. The van der Waals surface area contributed by atoms with Crippen LogP contribution >= 0.6 is 0 Å². The van der Waals surface area contributed by atoms with E-state index >= 15 is 0 Å². The summed E-state index contributed by atoms with van der Waals surface area (Å²) in [6, 6.07) is -0.506. The molecule has 5 rings (SSSR count). The predicted octanol–water partition coefficient (Wildman–Crippen LogP) is 2.90. The molecule has 5 heteroatoms. The summed E-state index contributed by atoms with van der Waals surface area (Å²) in [5.74, 6) is 2.84. The van der Waals surface area contributed by atoms with Gasteiger partial charge in [0, 0.05) is 12.1 Å². The zero-order valence-electron chi connectivity index (χ0n) is 15.7. The molecule has 0 radical (unpaired) electrons. The fraction of sp³-hybridized carbons (Fsp3) is 0.900. The van der Waals surface area contributed by atoms with E-state index in [4.69, 9.17) is 0 Å². The Hall–Kier alpha value is -1.10. The molecule has 2 N–H and O–H groups in total. The van der Waals surface area contributed by atoms with Crippen LogP contribution in [0.4, 0.5) is 4.79 Å². The second kappa shape index (κ2) is 6.57. The Morgan fingerprint density at radius 1 is 1.08 bits per heavy atom. The number of nitrogens with zero attached hydrogens (tertiary/aromatic N) is 1. The van der Waals surface area contributed by atoms with Crippen molar-refractivity contribution in [3.63, 3.8) is 0 Å². The summed E-state index contributed by atoms with van der Waals surface area (Å²) in [6.45, 7) is 6.06. The maximum absolute atomic E-state index is 12.5. The maximum Gasteiger partial charge on any atom is 0.321 e. The Morgan fingerprint density at radius 2 is 1.68 bits per heavy atom. The Labute approximate surface area is 151 Å². The van der Waals surface area contributed by atoms with Gasteiger partial charge < -0.3 is 5.32 Å². The van der Waals surface area contributed by atoms with Gasteiger partial charge in [-0.15, -0.1) is 0 Å². The predicted molar refractivity (Wildman–Crippen MR) is 97.0 cm³/mol. The van der Waals surface area contributed by atoms with Gasteiger partial charge in [-0.3, -0.25) is 15.0 Å². The third-order valence-electron chi connectivity index (χ3n) is 7.27. The smallest absolute Gasteiger partial charge is 0.321 e. The molecular weight excluding hydrogens is 314 g/mol. The number of amides is 3. The van der Waals surface area contributed by atoms with Crippen LogP contribution in [-0.4, -0.2) is 41.5 Å². The summed E-state index contributed by atoms with van der Waals surface area (Å²) >= 11 is 0. The highest BCUT2D eigenvalue weighted by molar-refractivity contribution is 5.97. The minimum atomic E-state index is -0.274. The summed E-state index contributed by atoms with van der Waals surface area (Å²) in [6.07, 6.45) is 9.76. The molecule has 5 aliphatic rings. The average molecular weight is 348 g/mol. The van der Waals surface area contributed by atoms with Crippen molar-refractivity contribution >= 4 is 11.9 Å². The van der Waals surface area contributed by atoms with Gasteiger partial charge in [0.15, 0.2) is 0 Å². The van der Waals surface area contributed by atoms with E-state index in [-0.39, 0.29) is 23.5 Å². The lowest BCUT2D eigenvalue weighted by atomic mass is 9.53. The molecule has 2 atom stereocenters. The van der Waals surface area contributed by atoms with E-state index in [1.165, 1.54) is 25.7 Å². The average Bonchev–Trinajstić information content (AvgIpc) is 2.52. The van der Waals surface area contributed by atoms with E-state index in [1.807, 2.05) is 6.92 Å². The van der Waals surface area contributed by atoms with E-state index in [2.05, 4.69) is 22.5 Å². The van der Waals surface area contributed by atoms with Crippen molar-refractivity contribution < 1.29 is 9.59 Å². The lowest BCUT2D eigenvalue weighted by Crippen LogP contribution is -2.62. The molecule has 5 nitrogen and oxygen atoms in total. The van der Waals surface area contributed by atoms with Gasteiger partial charge in [-0.05, 0) is 88.5 Å². The summed E-state index contributed by atoms with van der Waals surface area (Å²) in [5.41, 5.74) is -0.0397. The molecular formula is C20H33N3O2. The number of nitrogens with one attached hydrogen (secondary N) is 2. The molecule has 4 bridgehead atoms. The number of hydrogen-bond acceptors (Lipinski definition) is 3. The van der Waals surface area contributed by atoms with Gasteiger partial charge >= 0.3 is 6.03 Å². The summed E-state index contributed by atoms with van der Waals surface area (Å²) in [5, 5.41) is 5.87. The number of hydrogen-bond donors (Lipinski definition) is 2. The highest BCUT2D eigenvalue weighted by atomic mass is 16.2. The molecule has 0 aromatic carbocycles. The topological polar surface area (TPSA) is 61.4 Å². The second-order valence-electron chi connectivity index (χ2n) is 9.56. The summed E-state index contributed by atoms with van der Waals surface area (Å²) in [4.78, 5) is 27.3. The van der Waals surface area contributed by atoms with Gasteiger partial charge in [0.1, 0.15) is 0 Å². The van der Waals surface area contributed by atoms with Crippen molar-refractivity contribution in [1.29, 1.82) is 0 Å². The first-order valence-electron chi connectivity index (χ1n) is 10.3. The number of likely N-dealkylation sites (tertiary alicyclic amines) is 1. The maximum atomic E-state index is 12.5. The molecule has 4 saturated carbocycles. The van der Waals surface area contributed by atoms with Gasteiger partial charge in [-0.1, -0.05) is 6.92 Å². The first kappa shape index (κ1) is 17.3. The lowest BCUT2D eigenvalue weighted by molar-refractivity contribution is -0.125. The SMILES string of the molecule is C[C@H]1CCCN([C@H](C)C(=O)NC(=O)NC23CC4CC(CC(C4)C2)C3)C1. The number of carbonyl (C=O) groups excluding carboxylic acids is 2. The van der Waals surface area contributed by atoms with Crippen molar-refractivity contribution in [1.82, 2.24) is 15.5 Å². The van der Waals surface area contributed by atoms with E-state index in [0.717, 1.165) is 56.5 Å². The number of urea groups is 1. The molecule has 4 aliphatic carbocycles. The third kappa shape index (κ3) is 3.57. The molecule has 1 aliphatic heterocycles. The Bertz CT molecular complexity index is 512. The van der Waals surface area contributed by atoms with Gasteiger partial charge in [-0.2, -0.15) is 0 Å². The minimum absolute atomic E-state index is 0.0397. The van der Waals surface area contributed by atoms with E-state index in [9.17, 15) is 9.59 Å². The standard InChI is InChI=1S/C20H33N3O2/c1-13-4-3-5-23(12-13)14(2)18(24)21-19(25)22-20-9-15-6-16(10-20)8-17(7-15)11-20/h13-17H,3-12H2,1-2H3,(H2,21,22,24,25)/t13-,14+,15?,16?,17?,20?/m0/s1. The number of carbonyl (C=O) groups is 2. The molecule has 1 heterocycles. The molecule has 0 aromatic rings. The Morgan fingerprint density at radius 3 is 2.24 bits per heavy atom. The molecule has 0 spiro atoms. The minimum Gasteiger partial charge on any atom is -0.332 e. The second-order valence-corrected chi connectivity index (χ2v) is 9.56. The summed E-state index contributed by atoms with van der Waals surface area (Å²) in [7, 11) is 0. The molecule has 140 valence electrons. The molecule has 25 heavy (non-hydrogen) atoms. The molecule has 0 unspecified atom stereocenters. The van der Waals surface area contributed by atoms with Crippen LogP contribution in [0.25, 0.3) is 0 Å². The van der Waals surface area contributed by atoms with Crippen LogP contribution in [0, 0.1) is 23.7 Å². The van der Waals surface area contributed by atoms with Crippen LogP contribution in [0.1, 0.15) is 65.2 Å². The zero-order chi connectivity index (χ0) is 17.6. The summed E-state index contributed by atoms with van der Waals surface area (Å²) < 4.78 is 0. The molecule has 5 fully saturated rings. The van der Waals surface area contributed by atoms with Gasteiger partial charge in [-0.25, -0.2) is 4.79 Å². The van der Waals surface area contributed by atoms with Gasteiger partial charge in [0.25, 0.3) is 0 Å². The van der Waals surface area contributed by atoms with E-state index < -0.39 is 0 Å². The highest BCUT2D eigenvalue weighted by Gasteiger charge is 2.51. The zero-order valence-corrected chi connectivity index (χ0v) is 15.7. The van der Waals surface area contributed by atoms with Crippen LogP contribution in [0.5, 0.6) is 0 Å². The van der Waals surface area contributed by atoms with Crippen molar-refractivity contribution in [2.24, 2.45) is 23.7 Å². The number of piperidine rings is 1. The fourth-order valence-electron chi connectivity index (χ4n) is 6.50. The first-order chi connectivity index (χ1) is 11.9. The fourth-order valence-corrected chi connectivity index (χ4v) is 6.50. The number of rotatable bonds is 3. The lowest BCUT2D eigenvalue weighted by Gasteiger charge is -2.56. The highest BCUT2D eigenvalue weighted by Crippen LogP contribution is 2.55. The van der Waals surface area contributed by atoms with Crippen LogP contribution in [0.3, 0.4) is 0 Å². The normalized spacial score (nSPS) is 41.4. The van der Waals surface area contributed by atoms with Gasteiger partial charge in [0.05, 0.1) is 6.04 Å². The quantitative estimate of drug-likeness (QED) is 0.825. The van der Waals surface area contributed by atoms with Gasteiger partial charge in [0.2, 0.25) is 5.91 Å². The monoisotopic (exact) mass is 347 g/mol. The number of imide groups is 1. The largest absolute Gasteiger partial charge is 0.332 e.